The number of sulfonamides is 1. The Morgan fingerprint density at radius 1 is 1.50 bits per heavy atom. The summed E-state index contributed by atoms with van der Waals surface area (Å²) in [6, 6.07) is -0.458. The van der Waals surface area contributed by atoms with Gasteiger partial charge in [0.25, 0.3) is 0 Å². The molecule has 1 unspecified atom stereocenters. The highest BCUT2D eigenvalue weighted by atomic mass is 32.2. The van der Waals surface area contributed by atoms with Crippen molar-refractivity contribution in [1.29, 1.82) is 0 Å². The maximum Gasteiger partial charge on any atom is 0.244 e. The van der Waals surface area contributed by atoms with Gasteiger partial charge in [-0.25, -0.2) is 13.1 Å². The van der Waals surface area contributed by atoms with E-state index in [2.05, 4.69) is 9.82 Å². The number of nitrogens with zero attached hydrogens (tertiary/aromatic N) is 2. The van der Waals surface area contributed by atoms with Gasteiger partial charge in [-0.3, -0.25) is 4.68 Å². The van der Waals surface area contributed by atoms with E-state index >= 15 is 0 Å². The number of hydrogen-bond donors (Lipinski definition) is 2. The summed E-state index contributed by atoms with van der Waals surface area (Å²) in [6.07, 6.45) is 3.39. The average Bonchev–Trinajstić information content (AvgIpc) is 2.76. The normalized spacial score (nSPS) is 14.1. The van der Waals surface area contributed by atoms with Crippen molar-refractivity contribution in [2.75, 3.05) is 6.61 Å². The maximum atomic E-state index is 12.0. The summed E-state index contributed by atoms with van der Waals surface area (Å²) in [5.74, 6) is 0.309. The number of aryl methyl sites for hydroxylation is 1. The fourth-order valence-electron chi connectivity index (χ4n) is 1.67. The van der Waals surface area contributed by atoms with Crippen LogP contribution in [0.15, 0.2) is 17.3 Å². The fourth-order valence-corrected chi connectivity index (χ4v) is 2.86. The van der Waals surface area contributed by atoms with Gasteiger partial charge in [0.2, 0.25) is 10.0 Å². The van der Waals surface area contributed by atoms with Crippen molar-refractivity contribution in [3.63, 3.8) is 0 Å². The van der Waals surface area contributed by atoms with E-state index in [4.69, 9.17) is 0 Å². The van der Waals surface area contributed by atoms with Gasteiger partial charge < -0.3 is 5.11 Å². The molecule has 0 amide bonds. The molecular formula is C11H21N3O3S. The third kappa shape index (κ3) is 4.08. The van der Waals surface area contributed by atoms with Crippen molar-refractivity contribution in [1.82, 2.24) is 14.5 Å². The summed E-state index contributed by atoms with van der Waals surface area (Å²) < 4.78 is 28.1. The molecule has 0 aliphatic carbocycles. The Bertz CT molecular complexity index is 468. The zero-order valence-electron chi connectivity index (χ0n) is 11.0. The summed E-state index contributed by atoms with van der Waals surface area (Å²) in [5.41, 5.74) is 0. The van der Waals surface area contributed by atoms with E-state index in [1.807, 2.05) is 20.8 Å². The van der Waals surface area contributed by atoms with Gasteiger partial charge in [0.05, 0.1) is 12.8 Å². The van der Waals surface area contributed by atoms with Crippen LogP contribution in [0.25, 0.3) is 0 Å². The Balaban J connectivity index is 2.80. The molecule has 0 fully saturated rings. The van der Waals surface area contributed by atoms with Gasteiger partial charge in [-0.15, -0.1) is 0 Å². The first-order valence-corrected chi connectivity index (χ1v) is 7.53. The van der Waals surface area contributed by atoms with Crippen LogP contribution in [-0.4, -0.2) is 36.0 Å². The van der Waals surface area contributed by atoms with Crippen molar-refractivity contribution in [3.05, 3.63) is 12.4 Å². The van der Waals surface area contributed by atoms with E-state index in [1.165, 1.54) is 12.4 Å². The summed E-state index contributed by atoms with van der Waals surface area (Å²) >= 11 is 0. The summed E-state index contributed by atoms with van der Waals surface area (Å²) in [5, 5.41) is 13.1. The number of rotatable bonds is 7. The van der Waals surface area contributed by atoms with Crippen LogP contribution in [0.2, 0.25) is 0 Å². The molecule has 0 spiro atoms. The first-order chi connectivity index (χ1) is 8.39. The highest BCUT2D eigenvalue weighted by Crippen LogP contribution is 2.11. The predicted molar refractivity (Wildman–Crippen MR) is 68.6 cm³/mol. The zero-order valence-corrected chi connectivity index (χ0v) is 11.8. The van der Waals surface area contributed by atoms with E-state index in [0.29, 0.717) is 18.9 Å². The fraction of sp³-hybridized carbons (Fsp3) is 0.727. The molecule has 1 aromatic rings. The van der Waals surface area contributed by atoms with Crippen LogP contribution >= 0.6 is 0 Å². The van der Waals surface area contributed by atoms with E-state index < -0.39 is 16.1 Å². The van der Waals surface area contributed by atoms with E-state index in [1.54, 1.807) is 4.68 Å². The quantitative estimate of drug-likeness (QED) is 0.762. The summed E-state index contributed by atoms with van der Waals surface area (Å²) in [6.45, 7) is 6.24. The molecule has 1 atom stereocenters. The molecule has 0 aromatic carbocycles. The lowest BCUT2D eigenvalue weighted by Gasteiger charge is -2.17. The van der Waals surface area contributed by atoms with Gasteiger partial charge in [0.15, 0.2) is 0 Å². The zero-order chi connectivity index (χ0) is 13.8. The predicted octanol–water partition coefficient (Wildman–Crippen LogP) is 0.588. The third-order valence-electron chi connectivity index (χ3n) is 2.54. The van der Waals surface area contributed by atoms with Crippen molar-refractivity contribution >= 4 is 10.0 Å². The first-order valence-electron chi connectivity index (χ1n) is 6.04. The highest BCUT2D eigenvalue weighted by Gasteiger charge is 2.21. The third-order valence-corrected chi connectivity index (χ3v) is 4.02. The SMILES string of the molecule is CCn1cc(S(=O)(=O)NC(CO)CC(C)C)cn1. The number of nitrogens with one attached hydrogen (secondary N) is 1. The molecule has 0 aliphatic heterocycles. The van der Waals surface area contributed by atoms with Gasteiger partial charge in [-0.1, -0.05) is 13.8 Å². The minimum Gasteiger partial charge on any atom is -0.395 e. The smallest absolute Gasteiger partial charge is 0.244 e. The Hall–Kier alpha value is -0.920. The van der Waals surface area contributed by atoms with E-state index in [-0.39, 0.29) is 11.5 Å². The molecule has 0 aliphatic rings. The van der Waals surface area contributed by atoms with Crippen molar-refractivity contribution in [3.8, 4) is 0 Å². The second-order valence-corrected chi connectivity index (χ2v) is 6.38. The highest BCUT2D eigenvalue weighted by molar-refractivity contribution is 7.89. The van der Waals surface area contributed by atoms with Gasteiger partial charge in [0, 0.05) is 18.8 Å². The lowest BCUT2D eigenvalue weighted by Crippen LogP contribution is -2.38. The largest absolute Gasteiger partial charge is 0.395 e. The van der Waals surface area contributed by atoms with Crippen LogP contribution in [0.1, 0.15) is 27.2 Å². The molecule has 1 rings (SSSR count). The molecule has 1 heterocycles. The van der Waals surface area contributed by atoms with Gasteiger partial charge in [-0.2, -0.15) is 5.10 Å². The molecule has 0 bridgehead atoms. The first kappa shape index (κ1) is 15.1. The van der Waals surface area contributed by atoms with Gasteiger partial charge in [-0.05, 0) is 19.3 Å². The lowest BCUT2D eigenvalue weighted by molar-refractivity contribution is 0.240. The van der Waals surface area contributed by atoms with E-state index in [0.717, 1.165) is 0 Å². The molecular weight excluding hydrogens is 254 g/mol. The molecule has 0 saturated carbocycles. The van der Waals surface area contributed by atoms with Crippen molar-refractivity contribution < 1.29 is 13.5 Å². The monoisotopic (exact) mass is 275 g/mol. The van der Waals surface area contributed by atoms with Gasteiger partial charge >= 0.3 is 0 Å². The average molecular weight is 275 g/mol. The topological polar surface area (TPSA) is 84.2 Å². The summed E-state index contributed by atoms with van der Waals surface area (Å²) in [4.78, 5) is 0.131. The van der Waals surface area contributed by atoms with Crippen molar-refractivity contribution in [2.24, 2.45) is 5.92 Å². The van der Waals surface area contributed by atoms with Crippen LogP contribution in [0.4, 0.5) is 0 Å². The van der Waals surface area contributed by atoms with Crippen LogP contribution in [0.3, 0.4) is 0 Å². The molecule has 104 valence electrons. The van der Waals surface area contributed by atoms with Crippen molar-refractivity contribution in [2.45, 2.75) is 44.7 Å². The minimum atomic E-state index is -3.60. The summed E-state index contributed by atoms with van der Waals surface area (Å²) in [7, 11) is -3.60. The Morgan fingerprint density at radius 3 is 2.61 bits per heavy atom. The lowest BCUT2D eigenvalue weighted by atomic mass is 10.1. The Kier molecular flexibility index (Phi) is 5.30. The Labute approximate surface area is 108 Å². The van der Waals surface area contributed by atoms with Crippen LogP contribution in [-0.2, 0) is 16.6 Å². The molecule has 2 N–H and O–H groups in total. The minimum absolute atomic E-state index is 0.131. The van der Waals surface area contributed by atoms with Crippen LogP contribution in [0.5, 0.6) is 0 Å². The Morgan fingerprint density at radius 2 is 2.17 bits per heavy atom. The number of aliphatic hydroxyl groups excluding tert-OH is 1. The van der Waals surface area contributed by atoms with Gasteiger partial charge in [0.1, 0.15) is 4.90 Å². The number of hydrogen-bond acceptors (Lipinski definition) is 4. The maximum absolute atomic E-state index is 12.0. The molecule has 0 saturated heterocycles. The van der Waals surface area contributed by atoms with Crippen LogP contribution in [0, 0.1) is 5.92 Å². The number of aromatic nitrogens is 2. The molecule has 7 heteroatoms. The second-order valence-electron chi connectivity index (χ2n) is 4.66. The van der Waals surface area contributed by atoms with E-state index in [9.17, 15) is 13.5 Å². The van der Waals surface area contributed by atoms with Crippen LogP contribution < -0.4 is 4.72 Å². The second kappa shape index (κ2) is 6.31. The molecule has 18 heavy (non-hydrogen) atoms. The standard InChI is InChI=1S/C11H21N3O3S/c1-4-14-7-11(6-12-14)18(16,17)13-10(8-15)5-9(2)3/h6-7,9-10,13,15H,4-5,8H2,1-3H3. The molecule has 0 radical (unpaired) electrons. The number of aliphatic hydroxyl groups is 1. The molecule has 1 aromatic heterocycles. The molecule has 6 nitrogen and oxygen atoms in total.